The van der Waals surface area contributed by atoms with Crippen LogP contribution < -0.4 is 10.5 Å². The van der Waals surface area contributed by atoms with Gasteiger partial charge in [-0.25, -0.2) is 4.98 Å². The van der Waals surface area contributed by atoms with E-state index in [1.807, 2.05) is 17.0 Å². The summed E-state index contributed by atoms with van der Waals surface area (Å²) in [7, 11) is 3.29. The van der Waals surface area contributed by atoms with Crippen molar-refractivity contribution >= 4 is 33.8 Å². The molecule has 2 bridgehead atoms. The average Bonchev–Trinajstić information content (AvgIpc) is 3.34. The maximum atomic E-state index is 13.9. The van der Waals surface area contributed by atoms with Crippen LogP contribution in [0.25, 0.3) is 33.5 Å². The third-order valence-electron chi connectivity index (χ3n) is 10.8. The number of tetrazole rings is 1. The number of fused-ring (bicyclic) bond motifs is 4. The number of imidazole rings is 1. The number of piperidine rings is 1. The molecular weight excluding hydrogens is 596 g/mol. The predicted molar refractivity (Wildman–Crippen MR) is 174 cm³/mol. The summed E-state index contributed by atoms with van der Waals surface area (Å²) in [5, 5.41) is 13.0. The number of hydrogen-bond acceptors (Lipinski definition) is 8. The summed E-state index contributed by atoms with van der Waals surface area (Å²) in [5.74, 6) is 2.53. The first-order valence-corrected chi connectivity index (χ1v) is 16.6. The van der Waals surface area contributed by atoms with Gasteiger partial charge < -0.3 is 29.4 Å². The van der Waals surface area contributed by atoms with E-state index < -0.39 is 0 Å². The van der Waals surface area contributed by atoms with Gasteiger partial charge >= 0.3 is 0 Å². The number of aromatic nitrogens is 7. The number of carbonyl (C=O) groups excluding carboxylic acids is 2. The SMILES string of the molecule is COc1cc(C(=O)N2C[C@H]3CC[C@@H]2[C@@H]3N)cc2nc(-c3cc4ccccc4n3CC3CC3)n(CC3CN(C(=O)c4nnn(C)n4)C3)c12. The minimum Gasteiger partial charge on any atom is -0.494 e. The smallest absolute Gasteiger partial charge is 0.295 e. The van der Waals surface area contributed by atoms with Crippen molar-refractivity contribution in [2.75, 3.05) is 26.7 Å². The average molecular weight is 635 g/mol. The summed E-state index contributed by atoms with van der Waals surface area (Å²) in [6.45, 7) is 3.40. The summed E-state index contributed by atoms with van der Waals surface area (Å²) in [5.41, 5.74) is 10.8. The Kier molecular flexibility index (Phi) is 6.43. The predicted octanol–water partition coefficient (Wildman–Crippen LogP) is 2.93. The van der Waals surface area contributed by atoms with Gasteiger partial charge in [0.2, 0.25) is 0 Å². The molecular formula is C34H38N10O3. The number of carbonyl (C=O) groups is 2. The fourth-order valence-electron chi connectivity index (χ4n) is 8.10. The molecule has 5 heterocycles. The number of methoxy groups -OCH3 is 1. The fraction of sp³-hybridized carbons (Fsp3) is 0.471. The van der Waals surface area contributed by atoms with Crippen LogP contribution in [-0.2, 0) is 20.1 Å². The van der Waals surface area contributed by atoms with E-state index in [1.165, 1.54) is 28.5 Å². The van der Waals surface area contributed by atoms with Crippen molar-refractivity contribution in [3.8, 4) is 17.3 Å². The second-order valence-corrected chi connectivity index (χ2v) is 13.9. The number of benzene rings is 2. The van der Waals surface area contributed by atoms with Crippen LogP contribution in [0.4, 0.5) is 0 Å². The third-order valence-corrected chi connectivity index (χ3v) is 10.8. The molecule has 47 heavy (non-hydrogen) atoms. The Labute approximate surface area is 271 Å². The lowest BCUT2D eigenvalue weighted by atomic mass is 9.99. The Morgan fingerprint density at radius 3 is 2.47 bits per heavy atom. The van der Waals surface area contributed by atoms with Crippen LogP contribution in [0.1, 0.15) is 46.7 Å². The molecule has 0 radical (unpaired) electrons. The van der Waals surface area contributed by atoms with Crippen molar-refractivity contribution in [1.82, 2.24) is 44.1 Å². The summed E-state index contributed by atoms with van der Waals surface area (Å²) < 4.78 is 10.7. The van der Waals surface area contributed by atoms with Gasteiger partial charge in [-0.2, -0.15) is 4.80 Å². The monoisotopic (exact) mass is 634 g/mol. The lowest BCUT2D eigenvalue weighted by molar-refractivity contribution is 0.0458. The Bertz CT molecular complexity index is 2050. The van der Waals surface area contributed by atoms with Crippen LogP contribution in [0.3, 0.4) is 0 Å². The Balaban J connectivity index is 1.12. The highest BCUT2D eigenvalue weighted by molar-refractivity contribution is 6.00. The van der Waals surface area contributed by atoms with Crippen molar-refractivity contribution < 1.29 is 14.3 Å². The van der Waals surface area contributed by atoms with Crippen molar-refractivity contribution in [3.05, 3.63) is 53.9 Å². The summed E-state index contributed by atoms with van der Waals surface area (Å²) in [6.07, 6.45) is 4.50. The first kappa shape index (κ1) is 28.4. The van der Waals surface area contributed by atoms with Gasteiger partial charge in [0, 0.05) is 67.2 Å². The zero-order valence-corrected chi connectivity index (χ0v) is 26.6. The molecule has 9 rings (SSSR count). The molecule has 13 nitrogen and oxygen atoms in total. The number of rotatable bonds is 8. The van der Waals surface area contributed by atoms with Gasteiger partial charge in [0.25, 0.3) is 17.6 Å². The number of hydrogen-bond donors (Lipinski definition) is 1. The number of para-hydroxylation sites is 1. The maximum absolute atomic E-state index is 13.9. The molecule has 0 spiro atoms. The van der Waals surface area contributed by atoms with Crippen molar-refractivity contribution in [3.63, 3.8) is 0 Å². The first-order valence-electron chi connectivity index (χ1n) is 16.6. The van der Waals surface area contributed by atoms with E-state index in [0.717, 1.165) is 41.9 Å². The fourth-order valence-corrected chi connectivity index (χ4v) is 8.10. The lowest BCUT2D eigenvalue weighted by Crippen LogP contribution is -2.51. The third kappa shape index (κ3) is 4.61. The van der Waals surface area contributed by atoms with Crippen LogP contribution >= 0.6 is 0 Å². The van der Waals surface area contributed by atoms with Crippen LogP contribution in [0.15, 0.2) is 42.5 Å². The molecule has 5 aromatic rings. The van der Waals surface area contributed by atoms with E-state index >= 15 is 0 Å². The van der Waals surface area contributed by atoms with Gasteiger partial charge in [-0.05, 0) is 67.0 Å². The summed E-state index contributed by atoms with van der Waals surface area (Å²) >= 11 is 0. The molecule has 4 aliphatic rings. The van der Waals surface area contributed by atoms with Crippen LogP contribution in [-0.4, -0.2) is 94.8 Å². The van der Waals surface area contributed by atoms with Crippen LogP contribution in [0.5, 0.6) is 5.75 Å². The first-order chi connectivity index (χ1) is 22.9. The number of nitrogens with two attached hydrogens (primary N) is 1. The van der Waals surface area contributed by atoms with E-state index in [1.54, 1.807) is 19.1 Å². The largest absolute Gasteiger partial charge is 0.494 e. The van der Waals surface area contributed by atoms with Crippen LogP contribution in [0.2, 0.25) is 0 Å². The van der Waals surface area contributed by atoms with Crippen molar-refractivity contribution in [2.45, 2.75) is 50.9 Å². The highest BCUT2D eigenvalue weighted by Crippen LogP contribution is 2.41. The Morgan fingerprint density at radius 1 is 0.957 bits per heavy atom. The number of likely N-dealkylation sites (tertiary alicyclic amines) is 2. The van der Waals surface area contributed by atoms with Gasteiger partial charge in [0.1, 0.15) is 11.3 Å². The molecule has 242 valence electrons. The minimum atomic E-state index is -0.217. The standard InChI is InChI=1S/C34H38N10O3/c1-40-38-31(37-39-40)34(46)41-14-20(15-41)17-44-30-24(11-23(13-28(30)47-2)33(45)43-18-22-9-10-26(43)29(22)35)36-32(44)27-12-21-5-3-4-6-25(21)42(27)16-19-7-8-19/h3-6,11-13,19-20,22,26,29H,7-10,14-18,35H2,1-2H3/t22-,26-,29-/m1/s1. The van der Waals surface area contributed by atoms with E-state index in [2.05, 4.69) is 54.9 Å². The molecule has 2 aromatic carbocycles. The van der Waals surface area contributed by atoms with Crippen molar-refractivity contribution in [1.29, 1.82) is 0 Å². The van der Waals surface area contributed by atoms with Gasteiger partial charge in [-0.1, -0.05) is 18.2 Å². The van der Waals surface area contributed by atoms with E-state index in [9.17, 15) is 9.59 Å². The molecule has 4 fully saturated rings. The van der Waals surface area contributed by atoms with E-state index in [4.69, 9.17) is 15.5 Å². The normalized spacial score (nSPS) is 22.5. The second kappa shape index (κ2) is 10.6. The zero-order chi connectivity index (χ0) is 32.0. The number of amides is 2. The Morgan fingerprint density at radius 2 is 1.77 bits per heavy atom. The van der Waals surface area contributed by atoms with Crippen LogP contribution in [0, 0.1) is 17.8 Å². The molecule has 0 unspecified atom stereocenters. The molecule has 2 aliphatic carbocycles. The topological polar surface area (TPSA) is 142 Å². The molecule has 2 amide bonds. The van der Waals surface area contributed by atoms with Gasteiger partial charge in [0.05, 0.1) is 25.4 Å². The molecule has 2 saturated heterocycles. The molecule has 2 N–H and O–H groups in total. The molecule has 3 atom stereocenters. The van der Waals surface area contributed by atoms with Gasteiger partial charge in [-0.15, -0.1) is 10.2 Å². The summed E-state index contributed by atoms with van der Waals surface area (Å²) in [4.78, 5) is 37.2. The highest BCUT2D eigenvalue weighted by Gasteiger charge is 2.47. The minimum absolute atomic E-state index is 0.0161. The summed E-state index contributed by atoms with van der Waals surface area (Å²) in [6, 6.07) is 14.6. The number of aryl methyl sites for hydroxylation is 1. The number of nitrogens with zero attached hydrogens (tertiary/aromatic N) is 9. The highest BCUT2D eigenvalue weighted by atomic mass is 16.5. The molecule has 2 aliphatic heterocycles. The van der Waals surface area contributed by atoms with E-state index in [-0.39, 0.29) is 35.6 Å². The Hall–Kier alpha value is -4.78. The van der Waals surface area contributed by atoms with Gasteiger partial charge in [-0.3, -0.25) is 9.59 Å². The van der Waals surface area contributed by atoms with E-state index in [0.29, 0.717) is 49.3 Å². The van der Waals surface area contributed by atoms with Crippen molar-refractivity contribution in [2.24, 2.45) is 30.5 Å². The quantitative estimate of drug-likeness (QED) is 0.275. The molecule has 2 saturated carbocycles. The maximum Gasteiger partial charge on any atom is 0.295 e. The molecule has 13 heteroatoms. The lowest BCUT2D eigenvalue weighted by Gasteiger charge is -2.39. The number of ether oxygens (including phenoxy) is 1. The van der Waals surface area contributed by atoms with Gasteiger partial charge in [0.15, 0.2) is 5.82 Å². The molecule has 3 aromatic heterocycles. The second-order valence-electron chi connectivity index (χ2n) is 13.9. The zero-order valence-electron chi connectivity index (χ0n) is 26.6.